The lowest BCUT2D eigenvalue weighted by atomic mass is 9.94. The Morgan fingerprint density at radius 3 is 2.69 bits per heavy atom. The van der Waals surface area contributed by atoms with Gasteiger partial charge < -0.3 is 10.0 Å². The fourth-order valence-electron chi connectivity index (χ4n) is 2.89. The van der Waals surface area contributed by atoms with Crippen LogP contribution in [0.1, 0.15) is 26.7 Å². The van der Waals surface area contributed by atoms with Crippen LogP contribution in [-0.2, 0) is 4.79 Å². The fourth-order valence-corrected chi connectivity index (χ4v) is 3.00. The molecule has 2 fully saturated rings. The van der Waals surface area contributed by atoms with Gasteiger partial charge in [0.15, 0.2) is 0 Å². The molecule has 0 aromatic rings. The lowest BCUT2D eigenvalue weighted by molar-refractivity contribution is -0.138. The van der Waals surface area contributed by atoms with E-state index in [0.29, 0.717) is 24.3 Å². The fraction of sp³-hybridized carbons (Fsp3) is 0.917. The summed E-state index contributed by atoms with van der Waals surface area (Å²) in [5.74, 6) is 1.28. The summed E-state index contributed by atoms with van der Waals surface area (Å²) in [7, 11) is 0. The molecule has 92 valence electrons. The second-order valence-electron chi connectivity index (χ2n) is 5.80. The van der Waals surface area contributed by atoms with E-state index in [9.17, 15) is 9.90 Å². The van der Waals surface area contributed by atoms with Crippen molar-refractivity contribution in [2.45, 2.75) is 32.8 Å². The van der Waals surface area contributed by atoms with Crippen LogP contribution in [0.3, 0.4) is 0 Å². The van der Waals surface area contributed by atoms with Gasteiger partial charge in [0.25, 0.3) is 0 Å². The van der Waals surface area contributed by atoms with Gasteiger partial charge in [0, 0.05) is 24.9 Å². The Morgan fingerprint density at radius 2 is 2.12 bits per heavy atom. The summed E-state index contributed by atoms with van der Waals surface area (Å²) in [6.45, 7) is 5.28. The van der Waals surface area contributed by atoms with E-state index in [0.717, 1.165) is 19.4 Å². The summed E-state index contributed by atoms with van der Waals surface area (Å²) in [6, 6.07) is 0. The summed E-state index contributed by atoms with van der Waals surface area (Å²) in [5.41, 5.74) is -0.481. The maximum absolute atomic E-state index is 12.2. The minimum absolute atomic E-state index is 0.129. The molecule has 3 unspecified atom stereocenters. The van der Waals surface area contributed by atoms with Gasteiger partial charge in [-0.2, -0.15) is 0 Å². The maximum atomic E-state index is 12.2. The molecule has 3 nitrogen and oxygen atoms in total. The highest BCUT2D eigenvalue weighted by Gasteiger charge is 2.45. The van der Waals surface area contributed by atoms with Crippen LogP contribution in [0.5, 0.6) is 0 Å². The third-order valence-corrected chi connectivity index (χ3v) is 4.69. The first-order chi connectivity index (χ1) is 7.45. The minimum atomic E-state index is -0.481. The lowest BCUT2D eigenvalue weighted by Gasteiger charge is -2.28. The lowest BCUT2D eigenvalue weighted by Crippen LogP contribution is -2.41. The molecule has 2 aliphatic rings. The minimum Gasteiger partial charge on any atom is -0.393 e. The van der Waals surface area contributed by atoms with E-state index in [1.54, 1.807) is 0 Å². The molecule has 3 atom stereocenters. The monoisotopic (exact) mass is 245 g/mol. The van der Waals surface area contributed by atoms with Gasteiger partial charge >= 0.3 is 0 Å². The summed E-state index contributed by atoms with van der Waals surface area (Å²) < 4.78 is 0. The Labute approximate surface area is 102 Å². The highest BCUT2D eigenvalue weighted by Crippen LogP contribution is 2.39. The van der Waals surface area contributed by atoms with E-state index in [1.165, 1.54) is 0 Å². The first-order valence-electron chi connectivity index (χ1n) is 5.99. The third kappa shape index (κ3) is 1.95. The molecule has 1 amide bonds. The Kier molecular flexibility index (Phi) is 3.19. The van der Waals surface area contributed by atoms with Gasteiger partial charge in [-0.1, -0.05) is 0 Å². The van der Waals surface area contributed by atoms with Crippen molar-refractivity contribution in [1.29, 1.82) is 0 Å². The Bertz CT molecular complexity index is 293. The topological polar surface area (TPSA) is 40.5 Å². The van der Waals surface area contributed by atoms with Crippen molar-refractivity contribution in [2.24, 2.45) is 17.3 Å². The Hall–Kier alpha value is -0.280. The van der Waals surface area contributed by atoms with E-state index in [4.69, 9.17) is 11.6 Å². The number of rotatable bonds is 2. The van der Waals surface area contributed by atoms with Crippen molar-refractivity contribution in [2.75, 3.05) is 19.0 Å². The number of hydrogen-bond donors (Lipinski definition) is 1. The van der Waals surface area contributed by atoms with Crippen LogP contribution in [0.4, 0.5) is 0 Å². The number of hydrogen-bond acceptors (Lipinski definition) is 2. The standard InChI is InChI=1S/C12H20ClNO2/c1-12(2,7-13)11(16)14-5-8-3-4-10(15)9(8)6-14/h8-10,15H,3-7H2,1-2H3. The molecule has 1 aliphatic carbocycles. The molecule has 0 aromatic carbocycles. The summed E-state index contributed by atoms with van der Waals surface area (Å²) in [6.07, 6.45) is 1.75. The van der Waals surface area contributed by atoms with Crippen LogP contribution in [0.15, 0.2) is 0 Å². The summed E-state index contributed by atoms with van der Waals surface area (Å²) in [5, 5.41) is 9.79. The molecule has 2 rings (SSSR count). The molecule has 0 bridgehead atoms. The van der Waals surface area contributed by atoms with Crippen LogP contribution in [0.2, 0.25) is 0 Å². The Morgan fingerprint density at radius 1 is 1.44 bits per heavy atom. The number of aliphatic hydroxyl groups is 1. The highest BCUT2D eigenvalue weighted by atomic mass is 35.5. The first-order valence-corrected chi connectivity index (χ1v) is 6.52. The van der Waals surface area contributed by atoms with Gasteiger partial charge in [0.05, 0.1) is 11.5 Å². The van der Waals surface area contributed by atoms with Crippen molar-refractivity contribution < 1.29 is 9.90 Å². The number of amides is 1. The predicted octanol–water partition coefficient (Wildman–Crippen LogP) is 1.48. The summed E-state index contributed by atoms with van der Waals surface area (Å²) in [4.78, 5) is 14.1. The molecule has 1 saturated carbocycles. The van der Waals surface area contributed by atoms with Crippen molar-refractivity contribution in [1.82, 2.24) is 4.90 Å². The number of aliphatic hydroxyl groups excluding tert-OH is 1. The zero-order valence-corrected chi connectivity index (χ0v) is 10.7. The van der Waals surface area contributed by atoms with Gasteiger partial charge in [-0.05, 0) is 32.6 Å². The Balaban J connectivity index is 2.02. The average Bonchev–Trinajstić information content (AvgIpc) is 2.80. The largest absolute Gasteiger partial charge is 0.393 e. The van der Waals surface area contributed by atoms with Crippen molar-refractivity contribution in [3.8, 4) is 0 Å². The van der Waals surface area contributed by atoms with Gasteiger partial charge in [-0.25, -0.2) is 0 Å². The molecule has 1 saturated heterocycles. The number of fused-ring (bicyclic) bond motifs is 1. The molecule has 1 N–H and O–H groups in total. The van der Waals surface area contributed by atoms with E-state index < -0.39 is 5.41 Å². The first kappa shape index (κ1) is 12.2. The average molecular weight is 246 g/mol. The molecule has 4 heteroatoms. The third-order valence-electron chi connectivity index (χ3n) is 4.02. The second-order valence-corrected chi connectivity index (χ2v) is 6.06. The predicted molar refractivity (Wildman–Crippen MR) is 63.3 cm³/mol. The highest BCUT2D eigenvalue weighted by molar-refractivity contribution is 6.19. The van der Waals surface area contributed by atoms with Crippen LogP contribution in [-0.4, -0.2) is 41.0 Å². The number of nitrogens with zero attached hydrogens (tertiary/aromatic N) is 1. The van der Waals surface area contributed by atoms with Gasteiger partial charge in [0.2, 0.25) is 5.91 Å². The second kappa shape index (κ2) is 4.19. The van der Waals surface area contributed by atoms with Crippen molar-refractivity contribution >= 4 is 17.5 Å². The number of carbonyl (C=O) groups is 1. The van der Waals surface area contributed by atoms with Gasteiger partial charge in [0.1, 0.15) is 0 Å². The van der Waals surface area contributed by atoms with Crippen LogP contribution >= 0.6 is 11.6 Å². The van der Waals surface area contributed by atoms with Crippen molar-refractivity contribution in [3.05, 3.63) is 0 Å². The van der Waals surface area contributed by atoms with Crippen LogP contribution < -0.4 is 0 Å². The number of alkyl halides is 1. The molecule has 0 spiro atoms. The van der Waals surface area contributed by atoms with Gasteiger partial charge in [-0.15, -0.1) is 11.6 Å². The van der Waals surface area contributed by atoms with E-state index in [1.807, 2.05) is 18.7 Å². The molecule has 1 heterocycles. The molecule has 0 radical (unpaired) electrons. The molecule has 16 heavy (non-hydrogen) atoms. The zero-order chi connectivity index (χ0) is 11.9. The zero-order valence-electron chi connectivity index (χ0n) is 9.95. The van der Waals surface area contributed by atoms with E-state index in [2.05, 4.69) is 0 Å². The van der Waals surface area contributed by atoms with Crippen LogP contribution in [0, 0.1) is 17.3 Å². The smallest absolute Gasteiger partial charge is 0.229 e. The SMILES string of the molecule is CC(C)(CCl)C(=O)N1CC2CCC(O)C2C1. The molecular weight excluding hydrogens is 226 g/mol. The van der Waals surface area contributed by atoms with Crippen LogP contribution in [0.25, 0.3) is 0 Å². The summed E-state index contributed by atoms with van der Waals surface area (Å²) >= 11 is 5.82. The molecular formula is C12H20ClNO2. The quantitative estimate of drug-likeness (QED) is 0.749. The molecule has 0 aromatic heterocycles. The maximum Gasteiger partial charge on any atom is 0.229 e. The molecule has 1 aliphatic heterocycles. The number of halogens is 1. The number of likely N-dealkylation sites (tertiary alicyclic amines) is 1. The van der Waals surface area contributed by atoms with Gasteiger partial charge in [-0.3, -0.25) is 4.79 Å². The van der Waals surface area contributed by atoms with E-state index >= 15 is 0 Å². The van der Waals surface area contributed by atoms with E-state index in [-0.39, 0.29) is 12.0 Å². The number of carbonyl (C=O) groups excluding carboxylic acids is 1. The normalized spacial score (nSPS) is 34.2. The van der Waals surface area contributed by atoms with Crippen molar-refractivity contribution in [3.63, 3.8) is 0 Å².